The largest absolute Gasteiger partial charge is 0.419 e. The zero-order valence-electron chi connectivity index (χ0n) is 9.90. The molecule has 0 aliphatic heterocycles. The van der Waals surface area contributed by atoms with Crippen LogP contribution in [0.15, 0.2) is 18.2 Å². The number of rotatable bonds is 1. The molecule has 1 atom stereocenters. The summed E-state index contributed by atoms with van der Waals surface area (Å²) < 4.78 is 71.5. The Kier molecular flexibility index (Phi) is 1.84. The van der Waals surface area contributed by atoms with Gasteiger partial charge in [0.1, 0.15) is 5.82 Å². The normalized spacial score (nSPS) is 18.2. The SMILES string of the molecule is [2H]C([2H])([2H])[C@@H](N)c1cccc(C(F)(F)F)c1F. The molecular weight excluding hydrogens is 198 g/mol. The monoisotopic (exact) mass is 210 g/mol. The van der Waals surface area contributed by atoms with Gasteiger partial charge in [0.2, 0.25) is 0 Å². The summed E-state index contributed by atoms with van der Waals surface area (Å²) >= 11 is 0. The van der Waals surface area contributed by atoms with Gasteiger partial charge in [-0.1, -0.05) is 12.1 Å². The van der Waals surface area contributed by atoms with Crippen LogP contribution in [0.5, 0.6) is 0 Å². The van der Waals surface area contributed by atoms with E-state index in [9.17, 15) is 17.6 Å². The summed E-state index contributed by atoms with van der Waals surface area (Å²) in [7, 11) is 0. The molecule has 2 N–H and O–H groups in total. The van der Waals surface area contributed by atoms with Gasteiger partial charge in [0.25, 0.3) is 0 Å². The molecule has 78 valence electrons. The number of nitrogens with two attached hydrogens (primary N) is 1. The van der Waals surface area contributed by atoms with Crippen LogP contribution in [0.4, 0.5) is 17.6 Å². The first-order chi connectivity index (χ1) is 7.55. The molecule has 0 aromatic heterocycles. The summed E-state index contributed by atoms with van der Waals surface area (Å²) in [5.41, 5.74) is 3.03. The van der Waals surface area contributed by atoms with Crippen molar-refractivity contribution in [3.05, 3.63) is 35.1 Å². The minimum Gasteiger partial charge on any atom is -0.324 e. The Labute approximate surface area is 82.7 Å². The molecule has 0 radical (unpaired) electrons. The lowest BCUT2D eigenvalue weighted by Gasteiger charge is -2.12. The first-order valence-electron chi connectivity index (χ1n) is 5.16. The van der Waals surface area contributed by atoms with Gasteiger partial charge >= 0.3 is 6.18 Å². The van der Waals surface area contributed by atoms with E-state index < -0.39 is 36.0 Å². The zero-order valence-corrected chi connectivity index (χ0v) is 6.90. The van der Waals surface area contributed by atoms with Crippen molar-refractivity contribution in [1.82, 2.24) is 0 Å². The molecule has 0 bridgehead atoms. The average Bonchev–Trinajstić information content (AvgIpc) is 2.13. The van der Waals surface area contributed by atoms with Crippen LogP contribution >= 0.6 is 0 Å². The molecule has 0 fully saturated rings. The van der Waals surface area contributed by atoms with Gasteiger partial charge in [-0.3, -0.25) is 0 Å². The molecule has 14 heavy (non-hydrogen) atoms. The van der Waals surface area contributed by atoms with Crippen molar-refractivity contribution in [3.63, 3.8) is 0 Å². The number of benzene rings is 1. The Morgan fingerprint density at radius 3 is 2.57 bits per heavy atom. The van der Waals surface area contributed by atoms with Crippen molar-refractivity contribution >= 4 is 0 Å². The van der Waals surface area contributed by atoms with Crippen molar-refractivity contribution in [2.24, 2.45) is 5.73 Å². The number of alkyl halides is 3. The Morgan fingerprint density at radius 2 is 2.07 bits per heavy atom. The molecule has 0 aliphatic carbocycles. The lowest BCUT2D eigenvalue weighted by atomic mass is 10.0. The van der Waals surface area contributed by atoms with Crippen LogP contribution in [0.3, 0.4) is 0 Å². The maximum Gasteiger partial charge on any atom is 0.419 e. The smallest absolute Gasteiger partial charge is 0.324 e. The predicted molar refractivity (Wildman–Crippen MR) is 44.0 cm³/mol. The molecule has 1 rings (SSSR count). The second-order valence-corrected chi connectivity index (χ2v) is 2.68. The van der Waals surface area contributed by atoms with Gasteiger partial charge in [0.15, 0.2) is 0 Å². The molecule has 5 heteroatoms. The predicted octanol–water partition coefficient (Wildman–Crippen LogP) is 2.86. The first kappa shape index (κ1) is 7.23. The molecular formula is C9H9F4N. The molecule has 0 amide bonds. The van der Waals surface area contributed by atoms with Crippen molar-refractivity contribution in [3.8, 4) is 0 Å². The molecule has 1 aromatic rings. The summed E-state index contributed by atoms with van der Waals surface area (Å²) in [6.45, 7) is -2.76. The van der Waals surface area contributed by atoms with E-state index in [0.29, 0.717) is 6.07 Å². The lowest BCUT2D eigenvalue weighted by molar-refractivity contribution is -0.140. The van der Waals surface area contributed by atoms with Crippen molar-refractivity contribution in [2.45, 2.75) is 19.1 Å². The number of hydrogen-bond acceptors (Lipinski definition) is 1. The van der Waals surface area contributed by atoms with Crippen LogP contribution in [0.25, 0.3) is 0 Å². The molecule has 0 saturated heterocycles. The molecule has 0 saturated carbocycles. The van der Waals surface area contributed by atoms with Gasteiger partial charge in [0, 0.05) is 15.7 Å². The van der Waals surface area contributed by atoms with E-state index in [1.54, 1.807) is 0 Å². The average molecular weight is 210 g/mol. The Morgan fingerprint density at radius 1 is 1.43 bits per heavy atom. The zero-order chi connectivity index (χ0) is 13.4. The number of hydrogen-bond donors (Lipinski definition) is 1. The summed E-state index contributed by atoms with van der Waals surface area (Å²) in [5.74, 6) is -1.64. The second-order valence-electron chi connectivity index (χ2n) is 2.68. The van der Waals surface area contributed by atoms with Crippen molar-refractivity contribution in [2.75, 3.05) is 0 Å². The minimum absolute atomic E-state index is 0.533. The second kappa shape index (κ2) is 3.57. The standard InChI is InChI=1S/C9H9F4N/c1-5(14)6-3-2-4-7(8(6)10)9(11,12)13/h2-5H,14H2,1H3/t5-/m1/s1/i1D3. The highest BCUT2D eigenvalue weighted by Gasteiger charge is 2.34. The fraction of sp³-hybridized carbons (Fsp3) is 0.333. The summed E-state index contributed by atoms with van der Waals surface area (Å²) in [4.78, 5) is 0. The molecule has 0 unspecified atom stereocenters. The molecule has 0 aliphatic rings. The van der Waals surface area contributed by atoms with Gasteiger partial charge in [-0.05, 0) is 12.9 Å². The minimum atomic E-state index is -4.88. The van der Waals surface area contributed by atoms with Gasteiger partial charge < -0.3 is 5.73 Å². The van der Waals surface area contributed by atoms with Gasteiger partial charge in [-0.25, -0.2) is 4.39 Å². The maximum absolute atomic E-state index is 13.5. The third-order valence-corrected chi connectivity index (χ3v) is 1.67. The lowest BCUT2D eigenvalue weighted by Crippen LogP contribution is -2.14. The highest BCUT2D eigenvalue weighted by Crippen LogP contribution is 2.33. The highest BCUT2D eigenvalue weighted by molar-refractivity contribution is 5.29. The van der Waals surface area contributed by atoms with E-state index in [-0.39, 0.29) is 0 Å². The molecule has 0 spiro atoms. The fourth-order valence-electron chi connectivity index (χ4n) is 1.01. The Balaban J connectivity index is 3.30. The quantitative estimate of drug-likeness (QED) is 0.708. The maximum atomic E-state index is 13.5. The van der Waals surface area contributed by atoms with Crippen LogP contribution in [-0.2, 0) is 6.18 Å². The van der Waals surface area contributed by atoms with E-state index in [1.807, 2.05) is 0 Å². The third kappa shape index (κ3) is 2.04. The van der Waals surface area contributed by atoms with Gasteiger partial charge in [-0.15, -0.1) is 0 Å². The van der Waals surface area contributed by atoms with E-state index in [1.165, 1.54) is 0 Å². The van der Waals surface area contributed by atoms with Crippen LogP contribution < -0.4 is 5.73 Å². The van der Waals surface area contributed by atoms with E-state index in [0.717, 1.165) is 12.1 Å². The first-order valence-corrected chi connectivity index (χ1v) is 3.66. The van der Waals surface area contributed by atoms with Crippen molar-refractivity contribution in [1.29, 1.82) is 0 Å². The van der Waals surface area contributed by atoms with Crippen molar-refractivity contribution < 1.29 is 21.7 Å². The van der Waals surface area contributed by atoms with Gasteiger partial charge in [-0.2, -0.15) is 13.2 Å². The summed E-state index contributed by atoms with van der Waals surface area (Å²) in [6, 6.07) is 0.601. The topological polar surface area (TPSA) is 26.0 Å². The Bertz CT molecular complexity index is 414. The van der Waals surface area contributed by atoms with Crippen LogP contribution in [0.2, 0.25) is 0 Å². The molecule has 1 nitrogen and oxygen atoms in total. The summed E-state index contributed by atoms with van der Waals surface area (Å²) in [5, 5.41) is 0. The fourth-order valence-corrected chi connectivity index (χ4v) is 1.01. The van der Waals surface area contributed by atoms with E-state index in [2.05, 4.69) is 0 Å². The highest BCUT2D eigenvalue weighted by atomic mass is 19.4. The Hall–Kier alpha value is -1.10. The van der Waals surface area contributed by atoms with E-state index >= 15 is 0 Å². The third-order valence-electron chi connectivity index (χ3n) is 1.67. The number of halogens is 4. The van der Waals surface area contributed by atoms with Crippen LogP contribution in [0, 0.1) is 5.82 Å². The van der Waals surface area contributed by atoms with E-state index in [4.69, 9.17) is 9.85 Å². The summed E-state index contributed by atoms with van der Waals surface area (Å²) in [6.07, 6.45) is -4.88. The van der Waals surface area contributed by atoms with Gasteiger partial charge in [0.05, 0.1) is 5.56 Å². The molecule has 0 heterocycles. The van der Waals surface area contributed by atoms with Crippen LogP contribution in [0.1, 0.15) is 28.1 Å². The molecule has 1 aromatic carbocycles. The van der Waals surface area contributed by atoms with Crippen LogP contribution in [-0.4, -0.2) is 0 Å².